The number of anilines is 1. The van der Waals surface area contributed by atoms with Gasteiger partial charge >= 0.3 is 0 Å². The largest absolute Gasteiger partial charge is 0.497 e. The number of halogens is 1. The molecule has 0 atom stereocenters. The molecule has 0 aliphatic heterocycles. The molecular formula is C18H18BrN3O3. The van der Waals surface area contributed by atoms with Gasteiger partial charge in [-0.2, -0.15) is 5.10 Å². The van der Waals surface area contributed by atoms with Gasteiger partial charge in [0.25, 0.3) is 5.91 Å². The lowest BCUT2D eigenvalue weighted by Gasteiger charge is -2.08. The molecule has 2 aromatic heterocycles. The zero-order valence-electron chi connectivity index (χ0n) is 14.2. The molecule has 0 fully saturated rings. The van der Waals surface area contributed by atoms with Crippen LogP contribution in [0.2, 0.25) is 0 Å². The first-order valence-corrected chi connectivity index (χ1v) is 8.51. The summed E-state index contributed by atoms with van der Waals surface area (Å²) < 4.78 is 12.9. The molecule has 130 valence electrons. The second-order valence-corrected chi connectivity index (χ2v) is 6.39. The van der Waals surface area contributed by atoms with E-state index in [1.165, 1.54) is 0 Å². The Morgan fingerprint density at radius 2 is 2.12 bits per heavy atom. The highest BCUT2D eigenvalue weighted by Crippen LogP contribution is 2.23. The third-order valence-corrected chi connectivity index (χ3v) is 4.31. The summed E-state index contributed by atoms with van der Waals surface area (Å²) in [5.41, 5.74) is 3.39. The Labute approximate surface area is 153 Å². The van der Waals surface area contributed by atoms with E-state index in [0.717, 1.165) is 22.7 Å². The first-order valence-electron chi connectivity index (χ1n) is 7.71. The Morgan fingerprint density at radius 3 is 2.80 bits per heavy atom. The van der Waals surface area contributed by atoms with Crippen LogP contribution in [-0.4, -0.2) is 22.8 Å². The highest BCUT2D eigenvalue weighted by molar-refractivity contribution is 9.10. The van der Waals surface area contributed by atoms with Crippen molar-refractivity contribution >= 4 is 27.5 Å². The number of aromatic nitrogens is 2. The topological polar surface area (TPSA) is 69.3 Å². The number of rotatable bonds is 5. The van der Waals surface area contributed by atoms with Crippen molar-refractivity contribution in [2.24, 2.45) is 0 Å². The number of hydrogen-bond acceptors (Lipinski definition) is 4. The molecule has 0 bridgehead atoms. The summed E-state index contributed by atoms with van der Waals surface area (Å²) in [4.78, 5) is 12.3. The predicted molar refractivity (Wildman–Crippen MR) is 98.2 cm³/mol. The van der Waals surface area contributed by atoms with Crippen LogP contribution in [0.3, 0.4) is 0 Å². The highest BCUT2D eigenvalue weighted by atomic mass is 79.9. The molecule has 0 unspecified atom stereocenters. The molecule has 7 heteroatoms. The Morgan fingerprint density at radius 1 is 1.32 bits per heavy atom. The van der Waals surface area contributed by atoms with Crippen molar-refractivity contribution in [3.05, 3.63) is 63.8 Å². The molecule has 3 aromatic rings. The van der Waals surface area contributed by atoms with Crippen molar-refractivity contribution in [3.8, 4) is 5.75 Å². The second kappa shape index (κ2) is 7.14. The lowest BCUT2D eigenvalue weighted by molar-refractivity contribution is 0.0995. The first kappa shape index (κ1) is 17.3. The van der Waals surface area contributed by atoms with Crippen molar-refractivity contribution in [1.29, 1.82) is 0 Å². The number of amides is 1. The lowest BCUT2D eigenvalue weighted by Crippen LogP contribution is -2.12. The third-order valence-electron chi connectivity index (χ3n) is 3.88. The molecule has 1 N–H and O–H groups in total. The maximum Gasteiger partial charge on any atom is 0.291 e. The fourth-order valence-corrected chi connectivity index (χ4v) is 2.89. The van der Waals surface area contributed by atoms with E-state index >= 15 is 0 Å². The van der Waals surface area contributed by atoms with Gasteiger partial charge in [-0.1, -0.05) is 12.1 Å². The number of hydrogen-bond donors (Lipinski definition) is 1. The van der Waals surface area contributed by atoms with Crippen LogP contribution in [0.1, 0.15) is 27.5 Å². The van der Waals surface area contributed by atoms with Crippen LogP contribution in [0.4, 0.5) is 5.69 Å². The van der Waals surface area contributed by atoms with E-state index < -0.39 is 0 Å². The van der Waals surface area contributed by atoms with E-state index in [0.29, 0.717) is 16.9 Å². The minimum atomic E-state index is -0.308. The van der Waals surface area contributed by atoms with Crippen molar-refractivity contribution in [2.75, 3.05) is 12.4 Å². The van der Waals surface area contributed by atoms with Crippen molar-refractivity contribution in [2.45, 2.75) is 20.4 Å². The average Bonchev–Trinajstić information content (AvgIpc) is 3.14. The molecule has 2 heterocycles. The second-order valence-electron chi connectivity index (χ2n) is 5.61. The van der Waals surface area contributed by atoms with E-state index in [-0.39, 0.29) is 11.7 Å². The standard InChI is InChI=1S/C18H18BrN3O3/c1-11-17(20-18(23)15-7-8-16(19)25-15)12(2)22(21-11)10-13-5-4-6-14(9-13)24-3/h4-9H,10H2,1-3H3,(H,20,23). The summed E-state index contributed by atoms with van der Waals surface area (Å²) in [5.74, 6) is 0.736. The van der Waals surface area contributed by atoms with Gasteiger partial charge in [-0.15, -0.1) is 0 Å². The van der Waals surface area contributed by atoms with Crippen LogP contribution >= 0.6 is 15.9 Å². The average molecular weight is 404 g/mol. The molecule has 0 saturated heterocycles. The highest BCUT2D eigenvalue weighted by Gasteiger charge is 2.17. The number of carbonyl (C=O) groups is 1. The third kappa shape index (κ3) is 3.76. The molecule has 25 heavy (non-hydrogen) atoms. The van der Waals surface area contributed by atoms with Gasteiger partial charge in [0, 0.05) is 0 Å². The van der Waals surface area contributed by atoms with Gasteiger partial charge in [-0.3, -0.25) is 9.48 Å². The molecule has 1 aromatic carbocycles. The van der Waals surface area contributed by atoms with Gasteiger partial charge in [0.15, 0.2) is 10.4 Å². The quantitative estimate of drug-likeness (QED) is 0.693. The smallest absolute Gasteiger partial charge is 0.291 e. The summed E-state index contributed by atoms with van der Waals surface area (Å²) in [6.45, 7) is 4.38. The van der Waals surface area contributed by atoms with E-state index in [2.05, 4.69) is 26.3 Å². The summed E-state index contributed by atoms with van der Waals surface area (Å²) >= 11 is 3.19. The van der Waals surface area contributed by atoms with E-state index in [9.17, 15) is 4.79 Å². The Hall–Kier alpha value is -2.54. The molecular weight excluding hydrogens is 386 g/mol. The zero-order chi connectivity index (χ0) is 18.0. The van der Waals surface area contributed by atoms with Crippen LogP contribution in [0, 0.1) is 13.8 Å². The number of aryl methyl sites for hydroxylation is 1. The maximum atomic E-state index is 12.3. The molecule has 6 nitrogen and oxygen atoms in total. The van der Waals surface area contributed by atoms with Crippen LogP contribution in [0.5, 0.6) is 5.75 Å². The SMILES string of the molecule is COc1cccc(Cn2nc(C)c(NC(=O)c3ccc(Br)o3)c2C)c1. The van der Waals surface area contributed by atoms with Gasteiger partial charge in [0.05, 0.1) is 30.7 Å². The monoisotopic (exact) mass is 403 g/mol. The van der Waals surface area contributed by atoms with Crippen LogP contribution in [0.15, 0.2) is 45.5 Å². The minimum absolute atomic E-state index is 0.242. The van der Waals surface area contributed by atoms with Crippen molar-refractivity contribution in [3.63, 3.8) is 0 Å². The van der Waals surface area contributed by atoms with E-state index in [1.807, 2.05) is 42.8 Å². The summed E-state index contributed by atoms with van der Waals surface area (Å²) in [5, 5.41) is 7.41. The van der Waals surface area contributed by atoms with E-state index in [1.54, 1.807) is 19.2 Å². The Bertz CT molecular complexity index is 914. The van der Waals surface area contributed by atoms with Gasteiger partial charge in [-0.25, -0.2) is 0 Å². The van der Waals surface area contributed by atoms with Gasteiger partial charge < -0.3 is 14.5 Å². The summed E-state index contributed by atoms with van der Waals surface area (Å²) in [6.07, 6.45) is 0. The number of furan rings is 1. The molecule has 0 spiro atoms. The molecule has 0 aliphatic carbocycles. The molecule has 0 saturated carbocycles. The Balaban J connectivity index is 1.81. The molecule has 0 radical (unpaired) electrons. The number of nitrogens with zero attached hydrogens (tertiary/aromatic N) is 2. The fourth-order valence-electron chi connectivity index (χ4n) is 2.59. The number of nitrogens with one attached hydrogen (secondary N) is 1. The van der Waals surface area contributed by atoms with Gasteiger partial charge in [0.2, 0.25) is 0 Å². The number of ether oxygens (including phenoxy) is 1. The van der Waals surface area contributed by atoms with Crippen molar-refractivity contribution in [1.82, 2.24) is 9.78 Å². The van der Waals surface area contributed by atoms with Gasteiger partial charge in [-0.05, 0) is 59.6 Å². The number of methoxy groups -OCH3 is 1. The lowest BCUT2D eigenvalue weighted by atomic mass is 10.2. The Kier molecular flexibility index (Phi) is 4.94. The minimum Gasteiger partial charge on any atom is -0.497 e. The molecule has 0 aliphatic rings. The van der Waals surface area contributed by atoms with Crippen LogP contribution < -0.4 is 10.1 Å². The van der Waals surface area contributed by atoms with Gasteiger partial charge in [0.1, 0.15) is 5.75 Å². The predicted octanol–water partition coefficient (Wildman–Crippen LogP) is 4.16. The number of benzene rings is 1. The normalized spacial score (nSPS) is 10.7. The van der Waals surface area contributed by atoms with Crippen LogP contribution in [-0.2, 0) is 6.54 Å². The summed E-state index contributed by atoms with van der Waals surface area (Å²) in [7, 11) is 1.64. The zero-order valence-corrected chi connectivity index (χ0v) is 15.8. The molecule has 1 amide bonds. The van der Waals surface area contributed by atoms with Crippen LogP contribution in [0.25, 0.3) is 0 Å². The molecule has 3 rings (SSSR count). The van der Waals surface area contributed by atoms with E-state index in [4.69, 9.17) is 9.15 Å². The summed E-state index contributed by atoms with van der Waals surface area (Å²) in [6, 6.07) is 11.1. The number of carbonyl (C=O) groups excluding carboxylic acids is 1. The first-order chi connectivity index (χ1) is 12.0. The maximum absolute atomic E-state index is 12.3. The van der Waals surface area contributed by atoms with Crippen molar-refractivity contribution < 1.29 is 13.9 Å². The fraction of sp³-hybridized carbons (Fsp3) is 0.222.